The second-order valence-corrected chi connectivity index (χ2v) is 7.33. The molecule has 1 heterocycles. The minimum atomic E-state index is -0.212. The lowest BCUT2D eigenvalue weighted by molar-refractivity contribution is 0.199. The van der Waals surface area contributed by atoms with E-state index in [1.807, 2.05) is 6.07 Å². The van der Waals surface area contributed by atoms with Crippen molar-refractivity contribution < 1.29 is 4.39 Å². The molecule has 1 fully saturated rings. The SMILES string of the molecule is CC1(C)CCCN(C(CN)c2ccc(Br)c(F)c2)CC1. The fraction of sp³-hybridized carbons (Fsp3) is 0.625. The van der Waals surface area contributed by atoms with Crippen LogP contribution < -0.4 is 5.73 Å². The van der Waals surface area contributed by atoms with Gasteiger partial charge in [-0.2, -0.15) is 0 Å². The number of nitrogens with zero attached hydrogens (tertiary/aromatic N) is 1. The number of nitrogens with two attached hydrogens (primary N) is 1. The van der Waals surface area contributed by atoms with E-state index in [0.29, 0.717) is 16.4 Å². The van der Waals surface area contributed by atoms with Crippen molar-refractivity contribution in [2.75, 3.05) is 19.6 Å². The molecule has 0 bridgehead atoms. The molecule has 0 radical (unpaired) electrons. The van der Waals surface area contributed by atoms with Crippen molar-refractivity contribution in [3.63, 3.8) is 0 Å². The molecule has 1 atom stereocenters. The third-order valence-corrected chi connectivity index (χ3v) is 5.01. The van der Waals surface area contributed by atoms with Crippen molar-refractivity contribution >= 4 is 15.9 Å². The number of benzene rings is 1. The van der Waals surface area contributed by atoms with Crippen LogP contribution in [0.2, 0.25) is 0 Å². The van der Waals surface area contributed by atoms with Crippen molar-refractivity contribution in [1.29, 1.82) is 0 Å². The summed E-state index contributed by atoms with van der Waals surface area (Å²) in [5.41, 5.74) is 7.35. The number of halogens is 2. The largest absolute Gasteiger partial charge is 0.329 e. The van der Waals surface area contributed by atoms with Crippen LogP contribution in [0.1, 0.15) is 44.7 Å². The first-order valence-electron chi connectivity index (χ1n) is 7.32. The van der Waals surface area contributed by atoms with E-state index in [2.05, 4.69) is 34.7 Å². The smallest absolute Gasteiger partial charge is 0.137 e. The van der Waals surface area contributed by atoms with Crippen LogP contribution in [0.15, 0.2) is 22.7 Å². The molecule has 1 aromatic carbocycles. The lowest BCUT2D eigenvalue weighted by atomic mass is 9.85. The summed E-state index contributed by atoms with van der Waals surface area (Å²) in [6.45, 7) is 7.26. The highest BCUT2D eigenvalue weighted by Crippen LogP contribution is 2.33. The number of hydrogen-bond donors (Lipinski definition) is 1. The van der Waals surface area contributed by atoms with Gasteiger partial charge in [0.1, 0.15) is 5.82 Å². The van der Waals surface area contributed by atoms with Gasteiger partial charge in [-0.3, -0.25) is 4.90 Å². The van der Waals surface area contributed by atoms with E-state index in [1.165, 1.54) is 19.3 Å². The van der Waals surface area contributed by atoms with E-state index in [4.69, 9.17) is 5.73 Å². The van der Waals surface area contributed by atoms with E-state index >= 15 is 0 Å². The van der Waals surface area contributed by atoms with Crippen LogP contribution in [0, 0.1) is 11.2 Å². The van der Waals surface area contributed by atoms with Crippen LogP contribution in [0.3, 0.4) is 0 Å². The van der Waals surface area contributed by atoms with Gasteiger partial charge < -0.3 is 5.73 Å². The zero-order chi connectivity index (χ0) is 14.8. The first-order chi connectivity index (χ1) is 9.43. The second-order valence-electron chi connectivity index (χ2n) is 6.48. The molecule has 0 amide bonds. The molecule has 1 aromatic rings. The minimum Gasteiger partial charge on any atom is -0.329 e. The van der Waals surface area contributed by atoms with Crippen molar-refractivity contribution in [2.24, 2.45) is 11.1 Å². The zero-order valence-corrected chi connectivity index (χ0v) is 13.9. The Balaban J connectivity index is 2.17. The highest BCUT2D eigenvalue weighted by molar-refractivity contribution is 9.10. The molecule has 0 saturated carbocycles. The Labute approximate surface area is 129 Å². The highest BCUT2D eigenvalue weighted by Gasteiger charge is 2.27. The quantitative estimate of drug-likeness (QED) is 0.895. The van der Waals surface area contributed by atoms with Crippen molar-refractivity contribution in [2.45, 2.75) is 39.2 Å². The molecule has 1 aliphatic heterocycles. The summed E-state index contributed by atoms with van der Waals surface area (Å²) in [7, 11) is 0. The summed E-state index contributed by atoms with van der Waals surface area (Å²) in [4.78, 5) is 2.41. The van der Waals surface area contributed by atoms with Crippen LogP contribution >= 0.6 is 15.9 Å². The normalized spacial score (nSPS) is 21.4. The average Bonchev–Trinajstić information content (AvgIpc) is 2.56. The molecule has 0 spiro atoms. The van der Waals surface area contributed by atoms with Crippen LogP contribution in [0.4, 0.5) is 4.39 Å². The lowest BCUT2D eigenvalue weighted by Gasteiger charge is -2.31. The summed E-state index contributed by atoms with van der Waals surface area (Å²) < 4.78 is 14.2. The second kappa shape index (κ2) is 6.54. The van der Waals surface area contributed by atoms with Crippen LogP contribution in [-0.2, 0) is 0 Å². The third-order valence-electron chi connectivity index (χ3n) is 4.37. The molecule has 112 valence electrons. The predicted molar refractivity (Wildman–Crippen MR) is 85.1 cm³/mol. The summed E-state index contributed by atoms with van der Waals surface area (Å²) in [6.07, 6.45) is 3.60. The van der Waals surface area contributed by atoms with Gasteiger partial charge in [-0.05, 0) is 71.4 Å². The Kier molecular flexibility index (Phi) is 5.21. The van der Waals surface area contributed by atoms with E-state index < -0.39 is 0 Å². The van der Waals surface area contributed by atoms with E-state index in [-0.39, 0.29) is 11.9 Å². The van der Waals surface area contributed by atoms with E-state index in [9.17, 15) is 4.39 Å². The average molecular weight is 343 g/mol. The molecular weight excluding hydrogens is 319 g/mol. The third kappa shape index (κ3) is 3.80. The molecule has 0 aromatic heterocycles. The standard InChI is InChI=1S/C16H24BrFN2/c1-16(2)6-3-8-20(9-7-16)15(11-19)12-4-5-13(17)14(18)10-12/h4-5,10,15H,3,6-9,11,19H2,1-2H3. The monoisotopic (exact) mass is 342 g/mol. The fourth-order valence-corrected chi connectivity index (χ4v) is 3.22. The summed E-state index contributed by atoms with van der Waals surface area (Å²) >= 11 is 3.20. The Bertz CT molecular complexity index is 462. The van der Waals surface area contributed by atoms with Gasteiger partial charge >= 0.3 is 0 Å². The van der Waals surface area contributed by atoms with Gasteiger partial charge in [0.25, 0.3) is 0 Å². The van der Waals surface area contributed by atoms with E-state index in [0.717, 1.165) is 18.7 Å². The lowest BCUT2D eigenvalue weighted by Crippen LogP contribution is -2.35. The minimum absolute atomic E-state index is 0.117. The molecule has 2 nitrogen and oxygen atoms in total. The maximum absolute atomic E-state index is 13.7. The number of likely N-dealkylation sites (tertiary alicyclic amines) is 1. The van der Waals surface area contributed by atoms with Crippen molar-refractivity contribution in [3.8, 4) is 0 Å². The van der Waals surface area contributed by atoms with Crippen LogP contribution in [0.5, 0.6) is 0 Å². The Morgan fingerprint density at radius 1 is 1.35 bits per heavy atom. The Morgan fingerprint density at radius 2 is 2.10 bits per heavy atom. The zero-order valence-electron chi connectivity index (χ0n) is 12.3. The molecule has 1 aliphatic rings. The fourth-order valence-electron chi connectivity index (χ4n) is 2.97. The topological polar surface area (TPSA) is 29.3 Å². The van der Waals surface area contributed by atoms with E-state index in [1.54, 1.807) is 12.1 Å². The molecule has 2 N–H and O–H groups in total. The molecule has 4 heteroatoms. The maximum Gasteiger partial charge on any atom is 0.137 e. The summed E-state index contributed by atoms with van der Waals surface area (Å²) in [5.74, 6) is -0.212. The first kappa shape index (κ1) is 15.9. The molecule has 2 rings (SSSR count). The summed E-state index contributed by atoms with van der Waals surface area (Å²) in [6, 6.07) is 5.47. The van der Waals surface area contributed by atoms with Gasteiger partial charge in [0.15, 0.2) is 0 Å². The van der Waals surface area contributed by atoms with Gasteiger partial charge in [-0.1, -0.05) is 19.9 Å². The molecule has 20 heavy (non-hydrogen) atoms. The molecule has 1 saturated heterocycles. The van der Waals surface area contributed by atoms with Gasteiger partial charge in [0.2, 0.25) is 0 Å². The predicted octanol–water partition coefficient (Wildman–Crippen LogP) is 4.10. The van der Waals surface area contributed by atoms with Crippen molar-refractivity contribution in [3.05, 3.63) is 34.1 Å². The Hall–Kier alpha value is -0.450. The van der Waals surface area contributed by atoms with Crippen molar-refractivity contribution in [1.82, 2.24) is 4.90 Å². The number of rotatable bonds is 3. The molecule has 0 aliphatic carbocycles. The maximum atomic E-state index is 13.7. The van der Waals surface area contributed by atoms with Crippen LogP contribution in [0.25, 0.3) is 0 Å². The first-order valence-corrected chi connectivity index (χ1v) is 8.11. The Morgan fingerprint density at radius 3 is 2.75 bits per heavy atom. The molecule has 1 unspecified atom stereocenters. The van der Waals surface area contributed by atoms with Crippen LogP contribution in [-0.4, -0.2) is 24.5 Å². The molecular formula is C16H24BrFN2. The van der Waals surface area contributed by atoms with Gasteiger partial charge in [-0.15, -0.1) is 0 Å². The van der Waals surface area contributed by atoms with Gasteiger partial charge in [0, 0.05) is 12.6 Å². The van der Waals surface area contributed by atoms with Gasteiger partial charge in [0.05, 0.1) is 4.47 Å². The highest BCUT2D eigenvalue weighted by atomic mass is 79.9. The number of hydrogen-bond acceptors (Lipinski definition) is 2. The van der Waals surface area contributed by atoms with Gasteiger partial charge in [-0.25, -0.2) is 4.39 Å². The summed E-state index contributed by atoms with van der Waals surface area (Å²) in [5, 5.41) is 0.